The Morgan fingerprint density at radius 3 is 2.39 bits per heavy atom. The van der Waals surface area contributed by atoms with E-state index in [9.17, 15) is 14.4 Å². The third kappa shape index (κ3) is 4.59. The van der Waals surface area contributed by atoms with Gasteiger partial charge >= 0.3 is 0 Å². The molecule has 1 unspecified atom stereocenters. The van der Waals surface area contributed by atoms with E-state index in [2.05, 4.69) is 4.98 Å². The molecule has 2 amide bonds. The van der Waals surface area contributed by atoms with Crippen molar-refractivity contribution < 1.29 is 23.5 Å². The van der Waals surface area contributed by atoms with E-state index in [1.165, 1.54) is 24.1 Å². The van der Waals surface area contributed by atoms with Crippen LogP contribution in [0.1, 0.15) is 51.4 Å². The van der Waals surface area contributed by atoms with Crippen LogP contribution in [0.2, 0.25) is 10.0 Å². The van der Waals surface area contributed by atoms with Gasteiger partial charge in [-0.2, -0.15) is 0 Å². The SMILES string of the molecule is CC(=O)c1cc(F)c2c(c1)C(=O)N(Cc1ccc(Cl)cn1)C2(OC[C@H](C)C(N)=O)c1ccc(Cl)cc1. The maximum absolute atomic E-state index is 15.8. The average molecular weight is 530 g/mol. The molecule has 186 valence electrons. The van der Waals surface area contributed by atoms with Gasteiger partial charge in [0.05, 0.1) is 40.9 Å². The number of aromatic nitrogens is 1. The second-order valence-corrected chi connectivity index (χ2v) is 9.43. The van der Waals surface area contributed by atoms with Gasteiger partial charge in [-0.05, 0) is 43.3 Å². The first kappa shape index (κ1) is 25.8. The maximum Gasteiger partial charge on any atom is 0.257 e. The van der Waals surface area contributed by atoms with Gasteiger partial charge in [0, 0.05) is 22.3 Å². The molecule has 1 aliphatic rings. The highest BCUT2D eigenvalue weighted by molar-refractivity contribution is 6.30. The van der Waals surface area contributed by atoms with Crippen molar-refractivity contribution in [3.8, 4) is 0 Å². The molecule has 2 atom stereocenters. The zero-order valence-electron chi connectivity index (χ0n) is 19.4. The number of ketones is 1. The molecule has 1 aliphatic heterocycles. The predicted molar refractivity (Wildman–Crippen MR) is 132 cm³/mol. The Labute approximate surface area is 217 Å². The fraction of sp³-hybridized carbons (Fsp3) is 0.231. The van der Waals surface area contributed by atoms with Crippen LogP contribution in [-0.4, -0.2) is 34.1 Å². The lowest BCUT2D eigenvalue weighted by molar-refractivity contribution is -0.138. The van der Waals surface area contributed by atoms with Crippen LogP contribution in [0.15, 0.2) is 54.7 Å². The lowest BCUT2D eigenvalue weighted by atomic mass is 9.91. The molecule has 4 rings (SSSR count). The number of fused-ring (bicyclic) bond motifs is 1. The summed E-state index contributed by atoms with van der Waals surface area (Å²) in [7, 11) is 0. The zero-order chi connectivity index (χ0) is 26.2. The van der Waals surface area contributed by atoms with Gasteiger partial charge in [0.15, 0.2) is 11.5 Å². The second-order valence-electron chi connectivity index (χ2n) is 8.56. The van der Waals surface area contributed by atoms with Crippen LogP contribution in [0.25, 0.3) is 0 Å². The number of hydrogen-bond donors (Lipinski definition) is 1. The fourth-order valence-corrected chi connectivity index (χ4v) is 4.37. The Balaban J connectivity index is 1.98. The fourth-order valence-electron chi connectivity index (χ4n) is 4.13. The number of ether oxygens (including phenoxy) is 1. The number of nitrogens with two attached hydrogens (primary N) is 1. The lowest BCUT2D eigenvalue weighted by Gasteiger charge is -2.40. The molecular weight excluding hydrogens is 508 g/mol. The Morgan fingerprint density at radius 2 is 1.81 bits per heavy atom. The minimum Gasteiger partial charge on any atom is -0.369 e. The molecule has 0 saturated carbocycles. The molecule has 10 heteroatoms. The molecule has 2 aromatic carbocycles. The Morgan fingerprint density at radius 1 is 1.14 bits per heavy atom. The first-order chi connectivity index (χ1) is 17.0. The third-order valence-corrected chi connectivity index (χ3v) is 6.54. The number of nitrogens with zero attached hydrogens (tertiary/aromatic N) is 2. The number of halogens is 3. The van der Waals surface area contributed by atoms with E-state index in [0.29, 0.717) is 21.3 Å². The lowest BCUT2D eigenvalue weighted by Crippen LogP contribution is -2.48. The van der Waals surface area contributed by atoms with E-state index in [4.69, 9.17) is 33.7 Å². The van der Waals surface area contributed by atoms with Crippen LogP contribution in [0, 0.1) is 11.7 Å². The molecule has 2 heterocycles. The van der Waals surface area contributed by atoms with Gasteiger partial charge in [0.2, 0.25) is 5.91 Å². The molecule has 1 aromatic heterocycles. The summed E-state index contributed by atoms with van der Waals surface area (Å²) in [6, 6.07) is 12.1. The number of carbonyl (C=O) groups is 3. The summed E-state index contributed by atoms with van der Waals surface area (Å²) in [5.41, 5.74) is 4.42. The van der Waals surface area contributed by atoms with Crippen LogP contribution in [0.5, 0.6) is 0 Å². The van der Waals surface area contributed by atoms with Crippen molar-refractivity contribution in [3.63, 3.8) is 0 Å². The smallest absolute Gasteiger partial charge is 0.257 e. The number of Topliss-reactive ketones (excluding diaryl/α,β-unsaturated/α-hetero) is 1. The van der Waals surface area contributed by atoms with E-state index in [1.807, 2.05) is 0 Å². The van der Waals surface area contributed by atoms with Gasteiger partial charge in [-0.1, -0.05) is 42.3 Å². The number of hydrogen-bond acceptors (Lipinski definition) is 5. The van der Waals surface area contributed by atoms with E-state index >= 15 is 4.39 Å². The summed E-state index contributed by atoms with van der Waals surface area (Å²) < 4.78 is 22.1. The van der Waals surface area contributed by atoms with Crippen molar-refractivity contribution in [3.05, 3.63) is 98.5 Å². The minimum absolute atomic E-state index is 0.0316. The van der Waals surface area contributed by atoms with Crippen molar-refractivity contribution in [2.24, 2.45) is 11.7 Å². The molecule has 0 bridgehead atoms. The van der Waals surface area contributed by atoms with E-state index < -0.39 is 35.1 Å². The van der Waals surface area contributed by atoms with E-state index in [0.717, 1.165) is 6.07 Å². The first-order valence-corrected chi connectivity index (χ1v) is 11.8. The van der Waals surface area contributed by atoms with Crippen LogP contribution in [0.4, 0.5) is 4.39 Å². The topological polar surface area (TPSA) is 103 Å². The summed E-state index contributed by atoms with van der Waals surface area (Å²) in [5.74, 6) is -3.15. The molecule has 7 nitrogen and oxygen atoms in total. The highest BCUT2D eigenvalue weighted by atomic mass is 35.5. The number of benzene rings is 2. The standard InChI is InChI=1S/C26H22Cl2FN3O4/c1-14(24(30)34)13-36-26(17-3-5-18(27)6-4-17)23-21(9-16(15(2)33)10-22(23)29)25(35)32(26)12-20-8-7-19(28)11-31-20/h3-11,14H,12-13H2,1-2H3,(H2,30,34)/t14-,26?/m0/s1. The number of primary amides is 1. The van der Waals surface area contributed by atoms with E-state index in [-0.39, 0.29) is 29.8 Å². The van der Waals surface area contributed by atoms with Crippen LogP contribution >= 0.6 is 23.2 Å². The van der Waals surface area contributed by atoms with Gasteiger partial charge < -0.3 is 10.5 Å². The molecule has 2 N–H and O–H groups in total. The van der Waals surface area contributed by atoms with Crippen molar-refractivity contribution in [1.29, 1.82) is 0 Å². The quantitative estimate of drug-likeness (QED) is 0.425. The molecular formula is C26H22Cl2FN3O4. The van der Waals surface area contributed by atoms with Crippen LogP contribution in [0.3, 0.4) is 0 Å². The summed E-state index contributed by atoms with van der Waals surface area (Å²) in [4.78, 5) is 43.3. The van der Waals surface area contributed by atoms with Gasteiger partial charge in [0.25, 0.3) is 5.91 Å². The summed E-state index contributed by atoms with van der Waals surface area (Å²) in [5, 5.41) is 0.824. The van der Waals surface area contributed by atoms with Gasteiger partial charge in [-0.3, -0.25) is 24.3 Å². The monoisotopic (exact) mass is 529 g/mol. The molecule has 0 spiro atoms. The highest BCUT2D eigenvalue weighted by Crippen LogP contribution is 2.48. The normalized spacial score (nSPS) is 17.7. The number of carbonyl (C=O) groups excluding carboxylic acids is 3. The van der Waals surface area contributed by atoms with E-state index in [1.54, 1.807) is 43.3 Å². The Kier molecular flexibility index (Phi) is 7.13. The van der Waals surface area contributed by atoms with Crippen molar-refractivity contribution in [2.75, 3.05) is 6.61 Å². The molecule has 3 aromatic rings. The van der Waals surface area contributed by atoms with Crippen molar-refractivity contribution in [1.82, 2.24) is 9.88 Å². The molecule has 0 aliphatic carbocycles. The minimum atomic E-state index is -1.80. The predicted octanol–water partition coefficient (Wildman–Crippen LogP) is 4.73. The number of amides is 2. The van der Waals surface area contributed by atoms with Crippen molar-refractivity contribution >= 4 is 40.8 Å². The molecule has 36 heavy (non-hydrogen) atoms. The first-order valence-electron chi connectivity index (χ1n) is 11.0. The maximum atomic E-state index is 15.8. The van der Waals surface area contributed by atoms with Crippen LogP contribution in [-0.2, 0) is 21.8 Å². The van der Waals surface area contributed by atoms with Gasteiger partial charge in [-0.25, -0.2) is 4.39 Å². The van der Waals surface area contributed by atoms with Gasteiger partial charge in [0.1, 0.15) is 5.82 Å². The van der Waals surface area contributed by atoms with Crippen LogP contribution < -0.4 is 5.73 Å². The number of pyridine rings is 1. The average Bonchev–Trinajstić information content (AvgIpc) is 3.08. The summed E-state index contributed by atoms with van der Waals surface area (Å²) in [6.07, 6.45) is 1.43. The highest BCUT2D eigenvalue weighted by Gasteiger charge is 2.54. The second kappa shape index (κ2) is 9.97. The molecule has 0 fully saturated rings. The summed E-state index contributed by atoms with van der Waals surface area (Å²) >= 11 is 12.1. The zero-order valence-corrected chi connectivity index (χ0v) is 20.9. The largest absolute Gasteiger partial charge is 0.369 e. The van der Waals surface area contributed by atoms with Crippen molar-refractivity contribution in [2.45, 2.75) is 26.1 Å². The Bertz CT molecular complexity index is 1350. The van der Waals surface area contributed by atoms with Gasteiger partial charge in [-0.15, -0.1) is 0 Å². The summed E-state index contributed by atoms with van der Waals surface area (Å²) in [6.45, 7) is 2.54. The third-order valence-electron chi connectivity index (χ3n) is 6.06. The Hall–Kier alpha value is -3.33. The molecule has 0 radical (unpaired) electrons. The molecule has 0 saturated heterocycles. The number of rotatable bonds is 8.